The van der Waals surface area contributed by atoms with Gasteiger partial charge in [0.05, 0.1) is 6.61 Å². The lowest BCUT2D eigenvalue weighted by Gasteiger charge is -2.10. The molecule has 0 spiro atoms. The Morgan fingerprint density at radius 3 is 2.61 bits per heavy atom. The minimum Gasteiger partial charge on any atom is -0.390 e. The Bertz CT molecular complexity index is 664. The molecule has 2 heteroatoms. The van der Waals surface area contributed by atoms with E-state index in [1.807, 2.05) is 18.3 Å². The Kier molecular flexibility index (Phi) is 2.87. The van der Waals surface area contributed by atoms with Crippen molar-refractivity contribution in [2.75, 3.05) is 0 Å². The SMILES string of the molecule is OCc1cccn1Cc1cccc2ccccc12. The molecule has 0 saturated carbocycles. The quantitative estimate of drug-likeness (QED) is 0.743. The topological polar surface area (TPSA) is 25.2 Å². The maximum atomic E-state index is 9.28. The fraction of sp³-hybridized carbons (Fsp3) is 0.125. The lowest BCUT2D eigenvalue weighted by molar-refractivity contribution is 0.271. The molecule has 18 heavy (non-hydrogen) atoms. The van der Waals surface area contributed by atoms with Crippen LogP contribution in [0.5, 0.6) is 0 Å². The van der Waals surface area contributed by atoms with E-state index in [2.05, 4.69) is 47.0 Å². The molecule has 2 nitrogen and oxygen atoms in total. The first-order chi connectivity index (χ1) is 8.88. The second-order valence-electron chi connectivity index (χ2n) is 4.42. The average Bonchev–Trinajstić information content (AvgIpc) is 2.86. The number of fused-ring (bicyclic) bond motifs is 1. The molecule has 0 unspecified atom stereocenters. The number of benzene rings is 2. The highest BCUT2D eigenvalue weighted by Crippen LogP contribution is 2.20. The number of aliphatic hydroxyl groups is 1. The van der Waals surface area contributed by atoms with Gasteiger partial charge in [-0.15, -0.1) is 0 Å². The van der Waals surface area contributed by atoms with Gasteiger partial charge in [0, 0.05) is 18.4 Å². The van der Waals surface area contributed by atoms with Crippen LogP contribution in [-0.2, 0) is 13.2 Å². The van der Waals surface area contributed by atoms with E-state index >= 15 is 0 Å². The summed E-state index contributed by atoms with van der Waals surface area (Å²) in [6, 6.07) is 18.7. The average molecular weight is 237 g/mol. The summed E-state index contributed by atoms with van der Waals surface area (Å²) >= 11 is 0. The van der Waals surface area contributed by atoms with Gasteiger partial charge in [0.1, 0.15) is 0 Å². The number of nitrogens with zero attached hydrogens (tertiary/aromatic N) is 1. The van der Waals surface area contributed by atoms with Crippen LogP contribution < -0.4 is 0 Å². The second kappa shape index (κ2) is 4.67. The zero-order valence-corrected chi connectivity index (χ0v) is 10.1. The Balaban J connectivity index is 2.05. The molecule has 0 saturated heterocycles. The van der Waals surface area contributed by atoms with E-state index in [4.69, 9.17) is 0 Å². The van der Waals surface area contributed by atoms with Gasteiger partial charge in [0.25, 0.3) is 0 Å². The largest absolute Gasteiger partial charge is 0.390 e. The predicted octanol–water partition coefficient (Wildman–Crippen LogP) is 3.18. The summed E-state index contributed by atoms with van der Waals surface area (Å²) in [6.45, 7) is 0.877. The smallest absolute Gasteiger partial charge is 0.0832 e. The maximum Gasteiger partial charge on any atom is 0.0832 e. The van der Waals surface area contributed by atoms with E-state index in [9.17, 15) is 5.11 Å². The highest BCUT2D eigenvalue weighted by atomic mass is 16.3. The van der Waals surface area contributed by atoms with Gasteiger partial charge in [-0.2, -0.15) is 0 Å². The lowest BCUT2D eigenvalue weighted by atomic mass is 10.0. The monoisotopic (exact) mass is 237 g/mol. The maximum absolute atomic E-state index is 9.28. The second-order valence-corrected chi connectivity index (χ2v) is 4.42. The molecule has 1 heterocycles. The molecular weight excluding hydrogens is 222 g/mol. The zero-order valence-electron chi connectivity index (χ0n) is 10.1. The standard InChI is InChI=1S/C16H15NO/c18-12-15-8-4-10-17(15)11-14-7-3-6-13-5-1-2-9-16(13)14/h1-10,18H,11-12H2. The molecular formula is C16H15NO. The molecule has 0 bridgehead atoms. The number of aliphatic hydroxyl groups excluding tert-OH is 1. The fourth-order valence-electron chi connectivity index (χ4n) is 2.36. The van der Waals surface area contributed by atoms with Crippen molar-refractivity contribution in [2.24, 2.45) is 0 Å². The number of aromatic nitrogens is 1. The third kappa shape index (κ3) is 1.91. The van der Waals surface area contributed by atoms with Crippen molar-refractivity contribution in [1.29, 1.82) is 0 Å². The molecule has 0 atom stereocenters. The van der Waals surface area contributed by atoms with Crippen LogP contribution in [0.25, 0.3) is 10.8 Å². The first-order valence-corrected chi connectivity index (χ1v) is 6.10. The highest BCUT2D eigenvalue weighted by Gasteiger charge is 2.03. The van der Waals surface area contributed by atoms with Crippen LogP contribution in [0.2, 0.25) is 0 Å². The van der Waals surface area contributed by atoms with Gasteiger partial charge >= 0.3 is 0 Å². The normalized spacial score (nSPS) is 10.9. The Morgan fingerprint density at radius 1 is 0.889 bits per heavy atom. The Hall–Kier alpha value is -2.06. The minimum absolute atomic E-state index is 0.0811. The van der Waals surface area contributed by atoms with Crippen LogP contribution in [0.15, 0.2) is 60.8 Å². The molecule has 1 N–H and O–H groups in total. The van der Waals surface area contributed by atoms with Crippen LogP contribution in [0.4, 0.5) is 0 Å². The van der Waals surface area contributed by atoms with Crippen molar-refractivity contribution in [3.05, 3.63) is 72.1 Å². The van der Waals surface area contributed by atoms with Gasteiger partial charge in [0.15, 0.2) is 0 Å². The molecule has 0 aliphatic carbocycles. The van der Waals surface area contributed by atoms with Crippen molar-refractivity contribution < 1.29 is 5.11 Å². The highest BCUT2D eigenvalue weighted by molar-refractivity contribution is 5.85. The van der Waals surface area contributed by atoms with Crippen molar-refractivity contribution in [3.8, 4) is 0 Å². The van der Waals surface area contributed by atoms with E-state index in [0.29, 0.717) is 0 Å². The molecule has 0 radical (unpaired) electrons. The van der Waals surface area contributed by atoms with Gasteiger partial charge in [-0.05, 0) is 28.5 Å². The van der Waals surface area contributed by atoms with E-state index in [0.717, 1.165) is 12.2 Å². The lowest BCUT2D eigenvalue weighted by Crippen LogP contribution is -2.03. The van der Waals surface area contributed by atoms with Crippen LogP contribution in [0, 0.1) is 0 Å². The van der Waals surface area contributed by atoms with Crippen molar-refractivity contribution in [2.45, 2.75) is 13.2 Å². The van der Waals surface area contributed by atoms with Gasteiger partial charge in [0.2, 0.25) is 0 Å². The van der Waals surface area contributed by atoms with Gasteiger partial charge in [-0.25, -0.2) is 0 Å². The summed E-state index contributed by atoms with van der Waals surface area (Å²) in [7, 11) is 0. The van der Waals surface area contributed by atoms with Crippen LogP contribution in [0.3, 0.4) is 0 Å². The fourth-order valence-corrected chi connectivity index (χ4v) is 2.36. The first kappa shape index (κ1) is 11.1. The summed E-state index contributed by atoms with van der Waals surface area (Å²) in [4.78, 5) is 0. The van der Waals surface area contributed by atoms with Crippen LogP contribution >= 0.6 is 0 Å². The molecule has 3 aromatic rings. The minimum atomic E-state index is 0.0811. The Morgan fingerprint density at radius 2 is 1.72 bits per heavy atom. The van der Waals surface area contributed by atoms with Crippen LogP contribution in [0.1, 0.15) is 11.3 Å². The molecule has 2 aromatic carbocycles. The van der Waals surface area contributed by atoms with E-state index in [1.54, 1.807) is 0 Å². The summed E-state index contributed by atoms with van der Waals surface area (Å²) in [5.41, 5.74) is 2.22. The number of hydrogen-bond donors (Lipinski definition) is 1. The molecule has 0 fully saturated rings. The van der Waals surface area contributed by atoms with Crippen LogP contribution in [-0.4, -0.2) is 9.67 Å². The molecule has 0 aliphatic heterocycles. The summed E-state index contributed by atoms with van der Waals surface area (Å²) in [5, 5.41) is 11.8. The summed E-state index contributed by atoms with van der Waals surface area (Å²) in [5.74, 6) is 0. The zero-order chi connectivity index (χ0) is 12.4. The first-order valence-electron chi connectivity index (χ1n) is 6.10. The molecule has 90 valence electrons. The Labute approximate surface area is 106 Å². The molecule has 1 aromatic heterocycles. The third-order valence-corrected chi connectivity index (χ3v) is 3.31. The van der Waals surface area contributed by atoms with E-state index in [-0.39, 0.29) is 6.61 Å². The number of rotatable bonds is 3. The summed E-state index contributed by atoms with van der Waals surface area (Å²) < 4.78 is 2.09. The number of hydrogen-bond acceptors (Lipinski definition) is 1. The predicted molar refractivity (Wildman–Crippen MR) is 73.4 cm³/mol. The summed E-state index contributed by atoms with van der Waals surface area (Å²) in [6.07, 6.45) is 2.01. The van der Waals surface area contributed by atoms with Gasteiger partial charge in [-0.1, -0.05) is 42.5 Å². The van der Waals surface area contributed by atoms with Crippen molar-refractivity contribution in [3.63, 3.8) is 0 Å². The van der Waals surface area contributed by atoms with Crippen molar-refractivity contribution >= 4 is 10.8 Å². The van der Waals surface area contributed by atoms with E-state index < -0.39 is 0 Å². The van der Waals surface area contributed by atoms with Gasteiger partial charge < -0.3 is 9.67 Å². The molecule has 0 aliphatic rings. The van der Waals surface area contributed by atoms with E-state index in [1.165, 1.54) is 16.3 Å². The molecule has 0 amide bonds. The van der Waals surface area contributed by atoms with Crippen molar-refractivity contribution in [1.82, 2.24) is 4.57 Å². The molecule has 3 rings (SSSR count). The van der Waals surface area contributed by atoms with Gasteiger partial charge in [-0.3, -0.25) is 0 Å². The third-order valence-electron chi connectivity index (χ3n) is 3.31.